The Hall–Kier alpha value is -2.71. The minimum absolute atomic E-state index is 0.00101. The molecule has 0 saturated carbocycles. The van der Waals surface area contributed by atoms with E-state index in [2.05, 4.69) is 10.0 Å². The van der Waals surface area contributed by atoms with Crippen LogP contribution in [0.3, 0.4) is 0 Å². The molecule has 2 amide bonds. The highest BCUT2D eigenvalue weighted by molar-refractivity contribution is 7.89. The quantitative estimate of drug-likeness (QED) is 0.696. The number of benzene rings is 2. The van der Waals surface area contributed by atoms with Crippen LogP contribution in [-0.4, -0.2) is 39.1 Å². The molecule has 28 heavy (non-hydrogen) atoms. The van der Waals surface area contributed by atoms with Crippen molar-refractivity contribution >= 4 is 27.5 Å². The van der Waals surface area contributed by atoms with Gasteiger partial charge in [-0.15, -0.1) is 0 Å². The number of sulfonamides is 1. The largest absolute Gasteiger partial charge is 0.355 e. The van der Waals surface area contributed by atoms with E-state index in [9.17, 15) is 18.0 Å². The van der Waals surface area contributed by atoms with E-state index in [0.29, 0.717) is 6.54 Å². The van der Waals surface area contributed by atoms with Crippen LogP contribution < -0.4 is 14.9 Å². The molecule has 3 rings (SSSR count). The highest BCUT2D eigenvalue weighted by atomic mass is 32.2. The molecule has 2 aromatic carbocycles. The molecule has 1 aliphatic rings. The number of rotatable bonds is 8. The summed E-state index contributed by atoms with van der Waals surface area (Å²) in [5, 5.41) is 2.63. The number of amides is 2. The number of nitrogens with one attached hydrogen (secondary N) is 2. The van der Waals surface area contributed by atoms with E-state index in [1.165, 1.54) is 0 Å². The summed E-state index contributed by atoms with van der Waals surface area (Å²) in [6.07, 6.45) is 0.125. The summed E-state index contributed by atoms with van der Waals surface area (Å²) < 4.78 is 26.7. The molecule has 1 heterocycles. The van der Waals surface area contributed by atoms with Gasteiger partial charge in [0, 0.05) is 31.7 Å². The zero-order chi connectivity index (χ0) is 20.0. The van der Waals surface area contributed by atoms with Crippen molar-refractivity contribution in [3.05, 3.63) is 66.2 Å². The van der Waals surface area contributed by atoms with Crippen LogP contribution in [-0.2, 0) is 26.2 Å². The van der Waals surface area contributed by atoms with Crippen LogP contribution in [0.25, 0.3) is 0 Å². The summed E-state index contributed by atoms with van der Waals surface area (Å²) in [6.45, 7) is 0.507. The topological polar surface area (TPSA) is 95.6 Å². The molecule has 0 bridgehead atoms. The van der Waals surface area contributed by atoms with Crippen LogP contribution in [0.15, 0.2) is 60.7 Å². The highest BCUT2D eigenvalue weighted by Crippen LogP contribution is 2.24. The molecule has 0 aromatic heterocycles. The van der Waals surface area contributed by atoms with Gasteiger partial charge in [-0.05, 0) is 17.7 Å². The second-order valence-corrected chi connectivity index (χ2v) is 8.58. The first-order valence-corrected chi connectivity index (χ1v) is 10.7. The lowest BCUT2D eigenvalue weighted by molar-refractivity contribution is -0.126. The molecular formula is C20H23N3O4S. The predicted molar refractivity (Wildman–Crippen MR) is 107 cm³/mol. The molecular weight excluding hydrogens is 378 g/mol. The van der Waals surface area contributed by atoms with Crippen molar-refractivity contribution in [1.82, 2.24) is 10.0 Å². The van der Waals surface area contributed by atoms with Gasteiger partial charge in [0.05, 0.1) is 11.7 Å². The van der Waals surface area contributed by atoms with Crippen LogP contribution in [0.2, 0.25) is 0 Å². The normalized spacial score (nSPS) is 16.9. The zero-order valence-electron chi connectivity index (χ0n) is 15.4. The van der Waals surface area contributed by atoms with Crippen molar-refractivity contribution in [3.63, 3.8) is 0 Å². The molecule has 1 fully saturated rings. The van der Waals surface area contributed by atoms with E-state index in [4.69, 9.17) is 0 Å². The molecule has 1 saturated heterocycles. The van der Waals surface area contributed by atoms with Gasteiger partial charge in [0.15, 0.2) is 0 Å². The molecule has 7 nitrogen and oxygen atoms in total. The first kappa shape index (κ1) is 20.0. The number of nitrogens with zero attached hydrogens (tertiary/aromatic N) is 1. The maximum atomic E-state index is 12.3. The maximum Gasteiger partial charge on any atom is 0.227 e. The van der Waals surface area contributed by atoms with E-state index in [-0.39, 0.29) is 37.1 Å². The van der Waals surface area contributed by atoms with E-state index < -0.39 is 15.9 Å². The lowest BCUT2D eigenvalue weighted by Crippen LogP contribution is -2.38. The zero-order valence-corrected chi connectivity index (χ0v) is 16.2. The second kappa shape index (κ2) is 8.99. The average Bonchev–Trinajstić information content (AvgIpc) is 3.10. The number of carbonyl (C=O) groups excluding carboxylic acids is 2. The average molecular weight is 401 g/mol. The minimum Gasteiger partial charge on any atom is -0.355 e. The van der Waals surface area contributed by atoms with Gasteiger partial charge in [-0.2, -0.15) is 0 Å². The second-order valence-electron chi connectivity index (χ2n) is 6.66. The third-order valence-corrected chi connectivity index (χ3v) is 5.90. The fourth-order valence-electron chi connectivity index (χ4n) is 3.05. The van der Waals surface area contributed by atoms with Gasteiger partial charge in [0.2, 0.25) is 21.8 Å². The number of para-hydroxylation sites is 1. The van der Waals surface area contributed by atoms with Crippen molar-refractivity contribution in [1.29, 1.82) is 0 Å². The van der Waals surface area contributed by atoms with Gasteiger partial charge < -0.3 is 10.2 Å². The first-order chi connectivity index (χ1) is 13.4. The summed E-state index contributed by atoms with van der Waals surface area (Å²) >= 11 is 0. The van der Waals surface area contributed by atoms with Gasteiger partial charge in [-0.1, -0.05) is 48.5 Å². The fourth-order valence-corrected chi connectivity index (χ4v) is 3.96. The minimum atomic E-state index is -3.51. The number of carbonyl (C=O) groups is 2. The van der Waals surface area contributed by atoms with E-state index in [1.807, 2.05) is 60.7 Å². The van der Waals surface area contributed by atoms with E-state index in [0.717, 1.165) is 11.3 Å². The standard InChI is InChI=1S/C20H23N3O4S/c24-19-13-17(15-23(19)18-9-5-2-6-10-18)20(25)21-11-12-28(26,27)22-14-16-7-3-1-4-8-16/h1-10,17,22H,11-15H2,(H,21,25). The number of anilines is 1. The molecule has 1 aliphatic heterocycles. The highest BCUT2D eigenvalue weighted by Gasteiger charge is 2.34. The summed E-state index contributed by atoms with van der Waals surface area (Å²) in [5.74, 6) is -1.10. The van der Waals surface area contributed by atoms with Crippen molar-refractivity contribution in [2.75, 3.05) is 23.7 Å². The lowest BCUT2D eigenvalue weighted by atomic mass is 10.1. The number of hydrogen-bond acceptors (Lipinski definition) is 4. The third kappa shape index (κ3) is 5.40. The Bertz CT molecular complexity index is 917. The molecule has 2 N–H and O–H groups in total. The Kier molecular flexibility index (Phi) is 6.43. The smallest absolute Gasteiger partial charge is 0.227 e. The molecule has 8 heteroatoms. The predicted octanol–water partition coefficient (Wildman–Crippen LogP) is 1.28. The molecule has 0 radical (unpaired) electrons. The summed E-state index contributed by atoms with van der Waals surface area (Å²) in [4.78, 5) is 26.1. The van der Waals surface area contributed by atoms with Crippen LogP contribution >= 0.6 is 0 Å². The van der Waals surface area contributed by atoms with Crippen LogP contribution in [0.4, 0.5) is 5.69 Å². The SMILES string of the molecule is O=C(NCCS(=O)(=O)NCc1ccccc1)C1CC(=O)N(c2ccccc2)C1. The summed E-state index contributed by atoms with van der Waals surface area (Å²) in [6, 6.07) is 18.4. The van der Waals surface area contributed by atoms with Crippen molar-refractivity contribution in [2.24, 2.45) is 5.92 Å². The molecule has 1 unspecified atom stereocenters. The van der Waals surface area contributed by atoms with Gasteiger partial charge in [-0.3, -0.25) is 9.59 Å². The van der Waals surface area contributed by atoms with Gasteiger partial charge in [-0.25, -0.2) is 13.1 Å². The van der Waals surface area contributed by atoms with Crippen molar-refractivity contribution in [2.45, 2.75) is 13.0 Å². The Morgan fingerprint density at radius 1 is 1.04 bits per heavy atom. The van der Waals surface area contributed by atoms with E-state index in [1.54, 1.807) is 4.90 Å². The van der Waals surface area contributed by atoms with Crippen LogP contribution in [0.5, 0.6) is 0 Å². The molecule has 2 aromatic rings. The van der Waals surface area contributed by atoms with Crippen LogP contribution in [0, 0.1) is 5.92 Å². The van der Waals surface area contributed by atoms with Gasteiger partial charge in [0.1, 0.15) is 0 Å². The maximum absolute atomic E-state index is 12.3. The van der Waals surface area contributed by atoms with Crippen molar-refractivity contribution < 1.29 is 18.0 Å². The Labute approximate surface area is 164 Å². The monoisotopic (exact) mass is 401 g/mol. The third-order valence-electron chi connectivity index (χ3n) is 4.57. The van der Waals surface area contributed by atoms with Crippen LogP contribution in [0.1, 0.15) is 12.0 Å². The van der Waals surface area contributed by atoms with Gasteiger partial charge in [0.25, 0.3) is 0 Å². The van der Waals surface area contributed by atoms with Gasteiger partial charge >= 0.3 is 0 Å². The summed E-state index contributed by atoms with van der Waals surface area (Å²) in [7, 11) is -3.51. The van der Waals surface area contributed by atoms with E-state index >= 15 is 0 Å². The number of hydrogen-bond donors (Lipinski definition) is 2. The van der Waals surface area contributed by atoms with Crippen molar-refractivity contribution in [3.8, 4) is 0 Å². The Balaban J connectivity index is 1.44. The fraction of sp³-hybridized carbons (Fsp3) is 0.300. The molecule has 0 aliphatic carbocycles. The molecule has 1 atom stereocenters. The Morgan fingerprint density at radius 3 is 2.36 bits per heavy atom. The Morgan fingerprint density at radius 2 is 1.68 bits per heavy atom. The first-order valence-electron chi connectivity index (χ1n) is 9.09. The molecule has 0 spiro atoms. The lowest BCUT2D eigenvalue weighted by Gasteiger charge is -2.16. The molecule has 148 valence electrons. The summed E-state index contributed by atoms with van der Waals surface area (Å²) in [5.41, 5.74) is 1.62.